The summed E-state index contributed by atoms with van der Waals surface area (Å²) in [6.45, 7) is 6.29. The molecule has 2 aromatic rings. The maximum atomic E-state index is 12.8. The first-order valence-corrected chi connectivity index (χ1v) is 11.5. The molecular formula is C23H26N6O3S. The van der Waals surface area contributed by atoms with E-state index in [9.17, 15) is 14.9 Å². The van der Waals surface area contributed by atoms with Gasteiger partial charge in [0.2, 0.25) is 0 Å². The van der Waals surface area contributed by atoms with E-state index in [1.54, 1.807) is 19.2 Å². The van der Waals surface area contributed by atoms with Crippen molar-refractivity contribution in [3.05, 3.63) is 49.4 Å². The Morgan fingerprint density at radius 1 is 1.30 bits per heavy atom. The van der Waals surface area contributed by atoms with Crippen molar-refractivity contribution in [2.45, 2.75) is 19.9 Å². The smallest absolute Gasteiger partial charge is 0.270 e. The Bertz CT molecular complexity index is 1240. The largest absolute Gasteiger partial charge is 0.379 e. The minimum Gasteiger partial charge on any atom is -0.379 e. The van der Waals surface area contributed by atoms with Crippen LogP contribution in [0.3, 0.4) is 0 Å². The second-order valence-electron chi connectivity index (χ2n) is 7.34. The van der Waals surface area contributed by atoms with Crippen LogP contribution in [0.2, 0.25) is 0 Å². The molecule has 33 heavy (non-hydrogen) atoms. The van der Waals surface area contributed by atoms with Gasteiger partial charge in [0.1, 0.15) is 21.8 Å². The number of nitrogens with one attached hydrogen (secondary N) is 2. The van der Waals surface area contributed by atoms with E-state index in [0.717, 1.165) is 56.3 Å². The molecular weight excluding hydrogens is 440 g/mol. The zero-order valence-electron chi connectivity index (χ0n) is 18.5. The molecule has 0 bridgehead atoms. The Balaban J connectivity index is 1.82. The normalized spacial score (nSPS) is 15.4. The fourth-order valence-electron chi connectivity index (χ4n) is 3.47. The fourth-order valence-corrected chi connectivity index (χ4v) is 4.56. The lowest BCUT2D eigenvalue weighted by atomic mass is 10.1. The van der Waals surface area contributed by atoms with Crippen molar-refractivity contribution in [1.82, 2.24) is 14.8 Å². The number of nitriles is 2. The Kier molecular flexibility index (Phi) is 8.79. The minimum atomic E-state index is -0.671. The summed E-state index contributed by atoms with van der Waals surface area (Å²) in [7, 11) is 0. The number of ether oxygens (including phenoxy) is 1. The molecule has 3 rings (SSSR count). The molecule has 2 N–H and O–H groups in total. The van der Waals surface area contributed by atoms with Crippen LogP contribution in [0.5, 0.6) is 0 Å². The van der Waals surface area contributed by atoms with Gasteiger partial charge in [-0.15, -0.1) is 11.3 Å². The number of aromatic nitrogens is 1. The molecule has 1 saturated heterocycles. The van der Waals surface area contributed by atoms with Gasteiger partial charge in [0.15, 0.2) is 5.57 Å². The summed E-state index contributed by atoms with van der Waals surface area (Å²) in [5.74, 6) is -0.671. The van der Waals surface area contributed by atoms with Crippen LogP contribution in [0.1, 0.15) is 12.5 Å². The van der Waals surface area contributed by atoms with Crippen LogP contribution < -0.4 is 25.4 Å². The number of thiazole rings is 1. The third-order valence-corrected chi connectivity index (χ3v) is 6.35. The predicted octanol–water partition coefficient (Wildman–Crippen LogP) is -0.0314. The van der Waals surface area contributed by atoms with Gasteiger partial charge >= 0.3 is 0 Å². The highest BCUT2D eigenvalue weighted by molar-refractivity contribution is 7.07. The molecule has 1 aliphatic heterocycles. The lowest BCUT2D eigenvalue weighted by Gasteiger charge is -2.26. The second-order valence-corrected chi connectivity index (χ2v) is 8.37. The van der Waals surface area contributed by atoms with Gasteiger partial charge in [-0.1, -0.05) is 12.1 Å². The first-order chi connectivity index (χ1) is 16.1. The Morgan fingerprint density at radius 2 is 2.09 bits per heavy atom. The zero-order chi connectivity index (χ0) is 23.6. The van der Waals surface area contributed by atoms with E-state index in [1.807, 2.05) is 24.3 Å². The van der Waals surface area contributed by atoms with Crippen LogP contribution in [0.15, 0.2) is 29.1 Å². The van der Waals surface area contributed by atoms with E-state index < -0.39 is 5.91 Å². The summed E-state index contributed by atoms with van der Waals surface area (Å²) in [6, 6.07) is 11.7. The Labute approximate surface area is 195 Å². The molecule has 1 aromatic carbocycles. The molecule has 1 fully saturated rings. The second kappa shape index (κ2) is 12.0. The highest BCUT2D eigenvalue weighted by Gasteiger charge is 2.15. The van der Waals surface area contributed by atoms with Crippen molar-refractivity contribution in [3.63, 3.8) is 0 Å². The average Bonchev–Trinajstić information content (AvgIpc) is 3.16. The fraction of sp³-hybridized carbons (Fsp3) is 0.391. The third-order valence-electron chi connectivity index (χ3n) is 5.22. The number of carbonyl (C=O) groups is 1. The van der Waals surface area contributed by atoms with Crippen molar-refractivity contribution in [3.8, 4) is 12.1 Å². The minimum absolute atomic E-state index is 0.182. The lowest BCUT2D eigenvalue weighted by molar-refractivity contribution is -0.115. The van der Waals surface area contributed by atoms with E-state index in [2.05, 4.69) is 21.6 Å². The molecule has 9 nitrogen and oxygen atoms in total. The molecule has 0 saturated carbocycles. The zero-order valence-corrected chi connectivity index (χ0v) is 19.3. The average molecular weight is 467 g/mol. The number of carbonyl (C=O) groups excluding carboxylic acids is 1. The topological polar surface area (TPSA) is 123 Å². The first-order valence-electron chi connectivity index (χ1n) is 10.7. The summed E-state index contributed by atoms with van der Waals surface area (Å²) < 4.78 is 7.43. The number of anilines is 1. The number of morpholine rings is 1. The van der Waals surface area contributed by atoms with E-state index in [-0.39, 0.29) is 22.3 Å². The highest BCUT2D eigenvalue weighted by Crippen LogP contribution is 2.12. The van der Waals surface area contributed by atoms with Crippen LogP contribution in [0, 0.1) is 22.7 Å². The van der Waals surface area contributed by atoms with Crippen LogP contribution in [-0.2, 0) is 22.5 Å². The highest BCUT2D eigenvalue weighted by atomic mass is 32.1. The molecule has 0 spiro atoms. The summed E-state index contributed by atoms with van der Waals surface area (Å²) in [5.41, 5.74) is 1.57. The number of rotatable bonds is 8. The molecule has 1 amide bonds. The summed E-state index contributed by atoms with van der Waals surface area (Å²) in [6.07, 6.45) is 2.52. The quantitative estimate of drug-likeness (QED) is 0.524. The number of benzene rings is 1. The monoisotopic (exact) mass is 466 g/mol. The van der Waals surface area contributed by atoms with Crippen LogP contribution >= 0.6 is 11.3 Å². The number of nitrogens with zero attached hydrogens (tertiary/aromatic N) is 4. The molecule has 2 heterocycles. The molecule has 0 atom stereocenters. The van der Waals surface area contributed by atoms with E-state index in [4.69, 9.17) is 10.00 Å². The predicted molar refractivity (Wildman–Crippen MR) is 127 cm³/mol. The summed E-state index contributed by atoms with van der Waals surface area (Å²) in [5, 5.41) is 23.7. The molecule has 0 aliphatic carbocycles. The molecule has 1 aromatic heterocycles. The van der Waals surface area contributed by atoms with Crippen molar-refractivity contribution in [2.75, 3.05) is 44.7 Å². The van der Waals surface area contributed by atoms with Crippen LogP contribution in [0.4, 0.5) is 5.69 Å². The van der Waals surface area contributed by atoms with E-state index in [1.165, 1.54) is 10.1 Å². The van der Waals surface area contributed by atoms with Gasteiger partial charge in [0.05, 0.1) is 19.3 Å². The maximum absolute atomic E-state index is 12.8. The SMILES string of the molecule is CCn1c(=O)/c(=C\Nc2cccc(CCN3CCOCC3)c2)s/c1=C(/C#N)C(=O)NCC#N. The molecule has 10 heteroatoms. The van der Waals surface area contributed by atoms with Gasteiger partial charge in [-0.05, 0) is 31.0 Å². The molecule has 1 aliphatic rings. The summed E-state index contributed by atoms with van der Waals surface area (Å²) in [4.78, 5) is 27.5. The van der Waals surface area contributed by atoms with Crippen molar-refractivity contribution >= 4 is 34.7 Å². The van der Waals surface area contributed by atoms with Gasteiger partial charge in [-0.3, -0.25) is 19.1 Å². The Morgan fingerprint density at radius 3 is 2.79 bits per heavy atom. The molecule has 0 unspecified atom stereocenters. The van der Waals surface area contributed by atoms with Gasteiger partial charge in [-0.25, -0.2) is 0 Å². The van der Waals surface area contributed by atoms with Crippen molar-refractivity contribution < 1.29 is 9.53 Å². The molecule has 0 radical (unpaired) electrons. The van der Waals surface area contributed by atoms with E-state index in [0.29, 0.717) is 11.1 Å². The number of amides is 1. The Hall–Kier alpha value is -3.44. The standard InChI is InChI=1S/C23H26N6O3S/c1-2-29-22(31)20(33-23(29)19(15-25)21(30)26-8-7-24)16-27-18-5-3-4-17(14-18)6-9-28-10-12-32-13-11-28/h3-5,14,16,27H,2,6,8-13H2,1H3,(H,26,30)/b20-16+,23-19-. The van der Waals surface area contributed by atoms with Crippen molar-refractivity contribution in [2.24, 2.45) is 0 Å². The van der Waals surface area contributed by atoms with Crippen LogP contribution in [-0.4, -0.2) is 54.8 Å². The lowest BCUT2D eigenvalue weighted by Crippen LogP contribution is -2.37. The van der Waals surface area contributed by atoms with Crippen LogP contribution in [0.25, 0.3) is 11.8 Å². The number of hydrogen-bond donors (Lipinski definition) is 2. The first kappa shape index (κ1) is 24.2. The summed E-state index contributed by atoms with van der Waals surface area (Å²) >= 11 is 1.07. The molecule has 172 valence electrons. The van der Waals surface area contributed by atoms with Gasteiger partial charge in [-0.2, -0.15) is 10.5 Å². The number of hydrogen-bond acceptors (Lipinski definition) is 8. The van der Waals surface area contributed by atoms with Gasteiger partial charge in [0.25, 0.3) is 11.5 Å². The van der Waals surface area contributed by atoms with Gasteiger partial charge < -0.3 is 15.4 Å². The van der Waals surface area contributed by atoms with E-state index >= 15 is 0 Å². The maximum Gasteiger partial charge on any atom is 0.270 e. The van der Waals surface area contributed by atoms with Crippen molar-refractivity contribution in [1.29, 1.82) is 10.5 Å². The van der Waals surface area contributed by atoms with Gasteiger partial charge in [0, 0.05) is 38.1 Å². The third kappa shape index (κ3) is 6.30.